The maximum atomic E-state index is 13.2. The highest BCUT2D eigenvalue weighted by molar-refractivity contribution is 6.31. The van der Waals surface area contributed by atoms with Gasteiger partial charge in [-0.2, -0.15) is 0 Å². The smallest absolute Gasteiger partial charge is 0.314 e. The van der Waals surface area contributed by atoms with Crippen LogP contribution in [0.1, 0.15) is 5.56 Å². The van der Waals surface area contributed by atoms with Gasteiger partial charge in [-0.1, -0.05) is 23.7 Å². The molecule has 2 aromatic rings. The molecule has 17 heavy (non-hydrogen) atoms. The molecule has 0 aliphatic rings. The molecule has 1 N–H and O–H groups in total. The van der Waals surface area contributed by atoms with Gasteiger partial charge in [0.15, 0.2) is 0 Å². The van der Waals surface area contributed by atoms with E-state index in [1.807, 2.05) is 0 Å². The quantitative estimate of drug-likeness (QED) is 0.880. The number of hydrogen-bond donors (Lipinski definition) is 1. The molecule has 88 valence electrons. The molecule has 0 radical (unpaired) electrons. The Kier molecular flexibility index (Phi) is 3.10. The Labute approximate surface area is 100 Å². The topological polar surface area (TPSA) is 54.9 Å². The zero-order valence-corrected chi connectivity index (χ0v) is 9.37. The number of rotatable bonds is 2. The van der Waals surface area contributed by atoms with Gasteiger partial charge in [0.25, 0.3) is 5.56 Å². The van der Waals surface area contributed by atoms with Crippen LogP contribution < -0.4 is 11.2 Å². The van der Waals surface area contributed by atoms with Gasteiger partial charge in [-0.25, -0.2) is 9.18 Å². The second-order valence-corrected chi connectivity index (χ2v) is 3.80. The molecular formula is C11H8ClFN2O2. The number of nitrogens with one attached hydrogen (secondary N) is 1. The highest BCUT2D eigenvalue weighted by Gasteiger charge is 2.08. The molecule has 0 amide bonds. The van der Waals surface area contributed by atoms with Crippen molar-refractivity contribution in [2.45, 2.75) is 6.54 Å². The van der Waals surface area contributed by atoms with E-state index in [4.69, 9.17) is 11.6 Å². The van der Waals surface area contributed by atoms with Gasteiger partial charge < -0.3 is 4.98 Å². The molecule has 0 saturated heterocycles. The predicted octanol–water partition coefficient (Wildman–Crippen LogP) is 1.38. The van der Waals surface area contributed by atoms with E-state index >= 15 is 0 Å². The molecule has 0 unspecified atom stereocenters. The van der Waals surface area contributed by atoms with Crippen molar-refractivity contribution < 1.29 is 4.39 Å². The maximum absolute atomic E-state index is 13.2. The summed E-state index contributed by atoms with van der Waals surface area (Å²) < 4.78 is 14.1. The lowest BCUT2D eigenvalue weighted by atomic mass is 10.2. The average Bonchev–Trinajstić information content (AvgIpc) is 2.29. The molecule has 0 saturated carbocycles. The number of nitrogens with zero attached hydrogens (tertiary/aromatic N) is 1. The fourth-order valence-corrected chi connectivity index (χ4v) is 1.63. The van der Waals surface area contributed by atoms with E-state index in [2.05, 4.69) is 4.98 Å². The van der Waals surface area contributed by atoms with Crippen molar-refractivity contribution in [3.05, 3.63) is 67.7 Å². The van der Waals surface area contributed by atoms with Crippen molar-refractivity contribution in [2.24, 2.45) is 0 Å². The molecule has 1 heterocycles. The van der Waals surface area contributed by atoms with Gasteiger partial charge in [0.2, 0.25) is 0 Å². The fraction of sp³-hybridized carbons (Fsp3) is 0.0909. The lowest BCUT2D eigenvalue weighted by Gasteiger charge is -2.06. The van der Waals surface area contributed by atoms with Crippen molar-refractivity contribution >= 4 is 11.6 Å². The molecule has 0 aliphatic heterocycles. The van der Waals surface area contributed by atoms with Gasteiger partial charge in [0, 0.05) is 12.3 Å². The zero-order chi connectivity index (χ0) is 12.4. The first kappa shape index (κ1) is 11.6. The molecule has 0 bridgehead atoms. The maximum Gasteiger partial charge on any atom is 0.328 e. The Morgan fingerprint density at radius 2 is 2.06 bits per heavy atom. The minimum atomic E-state index is -0.579. The van der Waals surface area contributed by atoms with Crippen LogP contribution in [0.25, 0.3) is 0 Å². The summed E-state index contributed by atoms with van der Waals surface area (Å²) >= 11 is 5.75. The molecule has 1 aromatic heterocycles. The van der Waals surface area contributed by atoms with Crippen molar-refractivity contribution in [3.8, 4) is 0 Å². The highest BCUT2D eigenvalue weighted by atomic mass is 35.5. The van der Waals surface area contributed by atoms with Crippen molar-refractivity contribution in [1.82, 2.24) is 9.55 Å². The van der Waals surface area contributed by atoms with Crippen LogP contribution in [-0.4, -0.2) is 9.55 Å². The molecular weight excluding hydrogens is 247 g/mol. The van der Waals surface area contributed by atoms with Gasteiger partial charge in [0.05, 0.1) is 11.6 Å². The summed E-state index contributed by atoms with van der Waals surface area (Å²) in [5.74, 6) is -0.579. The highest BCUT2D eigenvalue weighted by Crippen LogP contribution is 2.19. The summed E-state index contributed by atoms with van der Waals surface area (Å²) in [4.78, 5) is 25.2. The molecule has 2 rings (SSSR count). The molecule has 1 aromatic carbocycles. The lowest BCUT2D eigenvalue weighted by Crippen LogP contribution is -2.34. The number of aromatic amines is 1. The Balaban J connectivity index is 2.49. The van der Waals surface area contributed by atoms with Crippen LogP contribution in [0.15, 0.2) is 40.1 Å². The number of H-pyrrole nitrogens is 1. The van der Waals surface area contributed by atoms with Gasteiger partial charge in [-0.05, 0) is 11.6 Å². The van der Waals surface area contributed by atoms with E-state index in [0.717, 1.165) is 4.57 Å². The van der Waals surface area contributed by atoms with E-state index < -0.39 is 17.1 Å². The van der Waals surface area contributed by atoms with Crippen molar-refractivity contribution in [2.75, 3.05) is 0 Å². The van der Waals surface area contributed by atoms with Crippen LogP contribution in [0.3, 0.4) is 0 Å². The van der Waals surface area contributed by atoms with Crippen LogP contribution in [-0.2, 0) is 6.54 Å². The normalized spacial score (nSPS) is 10.5. The summed E-state index contributed by atoms with van der Waals surface area (Å²) in [5.41, 5.74) is -0.641. The third-order valence-electron chi connectivity index (χ3n) is 2.30. The summed E-state index contributed by atoms with van der Waals surface area (Å²) in [6, 6.07) is 5.46. The van der Waals surface area contributed by atoms with Crippen LogP contribution in [0.5, 0.6) is 0 Å². The standard InChI is InChI=1S/C11H8ClFN2O2/c12-10-7(2-1-3-8(10)13)6-15-9(16)4-5-14-11(15)17/h1-5H,6H2,(H,14,17). The number of hydrogen-bond acceptors (Lipinski definition) is 2. The second-order valence-electron chi connectivity index (χ2n) is 3.42. The molecule has 0 fully saturated rings. The van der Waals surface area contributed by atoms with Crippen LogP contribution in [0, 0.1) is 5.82 Å². The summed E-state index contributed by atoms with van der Waals surface area (Å²) in [6.07, 6.45) is 1.26. The summed E-state index contributed by atoms with van der Waals surface area (Å²) in [7, 11) is 0. The largest absolute Gasteiger partial charge is 0.328 e. The molecule has 6 heteroatoms. The predicted molar refractivity (Wildman–Crippen MR) is 61.8 cm³/mol. The number of aromatic nitrogens is 2. The van der Waals surface area contributed by atoms with Gasteiger partial charge in [-0.15, -0.1) is 0 Å². The third kappa shape index (κ3) is 2.29. The van der Waals surface area contributed by atoms with E-state index in [1.54, 1.807) is 6.07 Å². The monoisotopic (exact) mass is 254 g/mol. The first-order valence-corrected chi connectivity index (χ1v) is 5.19. The minimum Gasteiger partial charge on any atom is -0.314 e. The minimum absolute atomic E-state index is 0.0639. The van der Waals surface area contributed by atoms with Crippen LogP contribution in [0.2, 0.25) is 5.02 Å². The Bertz CT molecular complexity index is 635. The Morgan fingerprint density at radius 3 is 2.76 bits per heavy atom. The zero-order valence-electron chi connectivity index (χ0n) is 8.61. The van der Waals surface area contributed by atoms with Crippen LogP contribution in [0.4, 0.5) is 4.39 Å². The first-order valence-electron chi connectivity index (χ1n) is 4.81. The average molecular weight is 255 g/mol. The SMILES string of the molecule is O=c1cc[nH]c(=O)n1Cc1cccc(F)c1Cl. The number of halogens is 2. The van der Waals surface area contributed by atoms with E-state index in [9.17, 15) is 14.0 Å². The second kappa shape index (κ2) is 4.55. The first-order chi connectivity index (χ1) is 8.09. The van der Waals surface area contributed by atoms with Crippen molar-refractivity contribution in [1.29, 1.82) is 0 Å². The van der Waals surface area contributed by atoms with E-state index in [1.165, 1.54) is 24.4 Å². The summed E-state index contributed by atoms with van der Waals surface area (Å²) in [6.45, 7) is -0.0639. The van der Waals surface area contributed by atoms with Gasteiger partial charge in [-0.3, -0.25) is 9.36 Å². The number of benzene rings is 1. The van der Waals surface area contributed by atoms with E-state index in [0.29, 0.717) is 5.56 Å². The molecule has 0 spiro atoms. The van der Waals surface area contributed by atoms with Crippen molar-refractivity contribution in [3.63, 3.8) is 0 Å². The molecule has 4 nitrogen and oxygen atoms in total. The van der Waals surface area contributed by atoms with Gasteiger partial charge in [0.1, 0.15) is 5.82 Å². The van der Waals surface area contributed by atoms with E-state index in [-0.39, 0.29) is 11.6 Å². The van der Waals surface area contributed by atoms with Crippen LogP contribution >= 0.6 is 11.6 Å². The summed E-state index contributed by atoms with van der Waals surface area (Å²) in [5, 5.41) is -0.0809. The third-order valence-corrected chi connectivity index (χ3v) is 2.73. The Hall–Kier alpha value is -1.88. The molecule has 0 atom stereocenters. The lowest BCUT2D eigenvalue weighted by molar-refractivity contribution is 0.621. The Morgan fingerprint density at radius 1 is 1.29 bits per heavy atom. The van der Waals surface area contributed by atoms with Gasteiger partial charge >= 0.3 is 5.69 Å². The fourth-order valence-electron chi connectivity index (χ4n) is 1.44. The molecule has 0 aliphatic carbocycles.